The molecule has 0 aliphatic heterocycles. The summed E-state index contributed by atoms with van der Waals surface area (Å²) in [6.07, 6.45) is 0. The maximum Gasteiger partial charge on any atom is 0.248 e. The van der Waals surface area contributed by atoms with Crippen LogP contribution in [0.3, 0.4) is 0 Å². The summed E-state index contributed by atoms with van der Waals surface area (Å²) in [5, 5.41) is 0. The minimum absolute atomic E-state index is 0.366. The molecule has 11 heavy (non-hydrogen) atoms. The van der Waals surface area contributed by atoms with Crippen molar-refractivity contribution < 1.29 is 6.21 Å². The molecular formula is C8H8INO. The average Bonchev–Trinajstić information content (AvgIpc) is 2.08. The lowest BCUT2D eigenvalue weighted by molar-refractivity contribution is 0.1000. The summed E-state index contributed by atoms with van der Waals surface area (Å²) in [6, 6.07) is 5.34. The van der Waals surface area contributed by atoms with Crippen LogP contribution in [0.2, 0.25) is 1.41 Å². The maximum absolute atomic E-state index is 11.0. The molecule has 2 N–H and O–H groups in total. The van der Waals surface area contributed by atoms with Gasteiger partial charge in [-0.3, -0.25) is 4.79 Å². The van der Waals surface area contributed by atoms with Crippen molar-refractivity contribution in [2.75, 3.05) is 0 Å². The summed E-state index contributed by atoms with van der Waals surface area (Å²) in [5.41, 5.74) is 3.42. The highest BCUT2D eigenvalue weighted by atomic mass is 127. The summed E-state index contributed by atoms with van der Waals surface area (Å²) in [5.74, 6) is -0.366. The highest BCUT2D eigenvalue weighted by Gasteiger charge is 2.00. The van der Waals surface area contributed by atoms with Crippen LogP contribution in [0.1, 0.15) is 15.9 Å². The summed E-state index contributed by atoms with van der Waals surface area (Å²) >= 11 is 2.20. The highest BCUT2D eigenvalue weighted by molar-refractivity contribution is 14.1. The average molecular weight is 262 g/mol. The van der Waals surface area contributed by atoms with Gasteiger partial charge in [-0.2, -0.15) is 0 Å². The van der Waals surface area contributed by atoms with E-state index in [0.717, 1.165) is 9.13 Å². The molecule has 1 amide bonds. The zero-order chi connectivity index (χ0) is 9.14. The number of amides is 1. The molecule has 0 aliphatic rings. The SMILES string of the molecule is [2H]NC(=O)c1ccc(I)c(C)c1. The van der Waals surface area contributed by atoms with Crippen molar-refractivity contribution in [1.82, 2.24) is 0 Å². The first-order chi connectivity index (χ1) is 5.65. The topological polar surface area (TPSA) is 43.1 Å². The van der Waals surface area contributed by atoms with Crippen LogP contribution >= 0.6 is 22.6 Å². The van der Waals surface area contributed by atoms with Crippen molar-refractivity contribution in [1.29, 1.82) is 0 Å². The Bertz CT molecular complexity index is 314. The fourth-order valence-electron chi connectivity index (χ4n) is 0.786. The number of hydrogen-bond acceptors (Lipinski definition) is 1. The number of primary amides is 1. The Morgan fingerprint density at radius 3 is 3.00 bits per heavy atom. The van der Waals surface area contributed by atoms with Crippen LogP contribution in [0, 0.1) is 10.5 Å². The molecule has 2 nitrogen and oxygen atoms in total. The number of aryl methyl sites for hydroxylation is 1. The van der Waals surface area contributed by atoms with Gasteiger partial charge < -0.3 is 5.73 Å². The molecule has 0 heterocycles. The number of halogens is 1. The van der Waals surface area contributed by atoms with E-state index in [1.807, 2.05) is 18.7 Å². The minimum atomic E-state index is -0.366. The predicted molar refractivity (Wildman–Crippen MR) is 52.4 cm³/mol. The van der Waals surface area contributed by atoms with E-state index in [2.05, 4.69) is 22.6 Å². The lowest BCUT2D eigenvalue weighted by Crippen LogP contribution is -2.10. The molecule has 0 atom stereocenters. The van der Waals surface area contributed by atoms with Gasteiger partial charge in [-0.05, 0) is 53.3 Å². The van der Waals surface area contributed by atoms with E-state index < -0.39 is 0 Å². The first kappa shape index (κ1) is 7.09. The van der Waals surface area contributed by atoms with Gasteiger partial charge in [-0.15, -0.1) is 0 Å². The fourth-order valence-corrected chi connectivity index (χ4v) is 1.12. The van der Waals surface area contributed by atoms with Crippen LogP contribution in [0.15, 0.2) is 18.2 Å². The van der Waals surface area contributed by atoms with Gasteiger partial charge in [0.1, 0.15) is 0 Å². The van der Waals surface area contributed by atoms with Gasteiger partial charge in [0.25, 0.3) is 0 Å². The molecule has 0 spiro atoms. The monoisotopic (exact) mass is 262 g/mol. The van der Waals surface area contributed by atoms with E-state index in [9.17, 15) is 4.79 Å². The molecule has 0 aliphatic carbocycles. The first-order valence-corrected chi connectivity index (χ1v) is 4.21. The van der Waals surface area contributed by atoms with Crippen LogP contribution in [0.4, 0.5) is 0 Å². The first-order valence-electron chi connectivity index (χ1n) is 3.63. The van der Waals surface area contributed by atoms with Gasteiger partial charge in [0.15, 0.2) is 1.41 Å². The Balaban J connectivity index is 3.05. The summed E-state index contributed by atoms with van der Waals surface area (Å²) in [4.78, 5) is 11.0. The van der Waals surface area contributed by atoms with Crippen LogP contribution in [-0.4, -0.2) is 5.91 Å². The van der Waals surface area contributed by atoms with Crippen LogP contribution in [0.5, 0.6) is 0 Å². The van der Waals surface area contributed by atoms with Crippen LogP contribution in [-0.2, 0) is 0 Å². The molecule has 0 fully saturated rings. The van der Waals surface area contributed by atoms with Gasteiger partial charge in [0.05, 0.1) is 0 Å². The quantitative estimate of drug-likeness (QED) is 0.769. The third kappa shape index (κ3) is 1.92. The molecule has 1 rings (SSSR count). The maximum atomic E-state index is 11.0. The molecule has 0 bridgehead atoms. The number of hydrogen-bond donors (Lipinski definition) is 1. The molecule has 0 saturated heterocycles. The smallest absolute Gasteiger partial charge is 0.248 e. The second-order valence-electron chi connectivity index (χ2n) is 2.29. The Hall–Kier alpha value is -0.580. The van der Waals surface area contributed by atoms with Gasteiger partial charge >= 0.3 is 0 Å². The number of carbonyl (C=O) groups is 1. The van der Waals surface area contributed by atoms with Crippen molar-refractivity contribution in [2.45, 2.75) is 6.92 Å². The Morgan fingerprint density at radius 1 is 1.73 bits per heavy atom. The van der Waals surface area contributed by atoms with Crippen molar-refractivity contribution in [2.24, 2.45) is 5.73 Å². The molecule has 58 valence electrons. The second kappa shape index (κ2) is 3.21. The normalized spacial score (nSPS) is 10.5. The van der Waals surface area contributed by atoms with Crippen molar-refractivity contribution in [3.8, 4) is 0 Å². The Labute approximate surface area is 80.4 Å². The van der Waals surface area contributed by atoms with Crippen molar-refractivity contribution in [3.05, 3.63) is 32.9 Å². The number of benzene rings is 1. The third-order valence-electron chi connectivity index (χ3n) is 1.42. The number of rotatable bonds is 1. The molecule has 0 unspecified atom stereocenters. The Morgan fingerprint density at radius 2 is 2.45 bits per heavy atom. The number of carbonyl (C=O) groups excluding carboxylic acids is 1. The summed E-state index contributed by atoms with van der Waals surface area (Å²) in [6.45, 7) is 1.93. The molecule has 0 aromatic heterocycles. The largest absolute Gasteiger partial charge is 0.366 e. The molecular weight excluding hydrogens is 253 g/mol. The second-order valence-corrected chi connectivity index (χ2v) is 3.46. The molecule has 3 heteroatoms. The fraction of sp³-hybridized carbons (Fsp3) is 0.125. The van der Waals surface area contributed by atoms with E-state index >= 15 is 0 Å². The third-order valence-corrected chi connectivity index (χ3v) is 2.63. The van der Waals surface area contributed by atoms with E-state index in [1.54, 1.807) is 12.1 Å². The van der Waals surface area contributed by atoms with E-state index in [-0.39, 0.29) is 5.91 Å². The lowest BCUT2D eigenvalue weighted by atomic mass is 10.1. The summed E-state index contributed by atoms with van der Waals surface area (Å²) < 4.78 is 7.79. The predicted octanol–water partition coefficient (Wildman–Crippen LogP) is 1.70. The minimum Gasteiger partial charge on any atom is -0.366 e. The van der Waals surface area contributed by atoms with Crippen LogP contribution < -0.4 is 5.73 Å². The standard InChI is InChI=1S/C8H8INO/c1-5-4-6(8(10)11)2-3-7(5)9/h2-4H,1H3,(H2,10,11)/i/hD. The number of nitrogens with two attached hydrogens (primary N) is 1. The molecule has 1 aromatic carbocycles. The lowest BCUT2D eigenvalue weighted by Gasteiger charge is -1.99. The zero-order valence-electron chi connectivity index (χ0n) is 7.02. The van der Waals surface area contributed by atoms with E-state index in [4.69, 9.17) is 1.41 Å². The molecule has 0 saturated carbocycles. The van der Waals surface area contributed by atoms with Gasteiger partial charge in [-0.1, -0.05) is 0 Å². The van der Waals surface area contributed by atoms with Crippen molar-refractivity contribution >= 4 is 28.5 Å². The summed E-state index contributed by atoms with van der Waals surface area (Å²) in [7, 11) is 0. The van der Waals surface area contributed by atoms with Crippen LogP contribution in [0.25, 0.3) is 0 Å². The van der Waals surface area contributed by atoms with E-state index in [1.165, 1.54) is 0 Å². The molecule has 1 aromatic rings. The van der Waals surface area contributed by atoms with Crippen molar-refractivity contribution in [3.63, 3.8) is 0 Å². The van der Waals surface area contributed by atoms with Gasteiger partial charge in [-0.25, -0.2) is 0 Å². The highest BCUT2D eigenvalue weighted by Crippen LogP contribution is 2.12. The molecule has 0 radical (unpaired) electrons. The zero-order valence-corrected chi connectivity index (χ0v) is 8.18. The van der Waals surface area contributed by atoms with E-state index in [0.29, 0.717) is 5.56 Å². The Kier molecular flexibility index (Phi) is 2.07. The van der Waals surface area contributed by atoms with Gasteiger partial charge in [0, 0.05) is 9.13 Å². The van der Waals surface area contributed by atoms with Gasteiger partial charge in [0.2, 0.25) is 5.91 Å².